The fourth-order valence-electron chi connectivity index (χ4n) is 4.13. The van der Waals surface area contributed by atoms with E-state index < -0.39 is 0 Å². The molecule has 4 rings (SSSR count). The summed E-state index contributed by atoms with van der Waals surface area (Å²) in [6, 6.07) is 22.3. The van der Waals surface area contributed by atoms with E-state index in [9.17, 15) is 4.79 Å². The van der Waals surface area contributed by atoms with Crippen LogP contribution in [0.1, 0.15) is 39.6 Å². The third-order valence-electron chi connectivity index (χ3n) is 5.86. The molecule has 2 aromatic carbocycles. The highest BCUT2D eigenvalue weighted by molar-refractivity contribution is 7.99. The van der Waals surface area contributed by atoms with Crippen molar-refractivity contribution in [1.29, 1.82) is 0 Å². The molecule has 0 N–H and O–H groups in total. The molecule has 34 heavy (non-hydrogen) atoms. The molecule has 2 aromatic heterocycles. The van der Waals surface area contributed by atoms with Gasteiger partial charge in [0.15, 0.2) is 10.9 Å². The van der Waals surface area contributed by atoms with Crippen molar-refractivity contribution >= 4 is 17.5 Å². The first-order chi connectivity index (χ1) is 16.6. The van der Waals surface area contributed by atoms with Gasteiger partial charge in [0.05, 0.1) is 5.75 Å². The van der Waals surface area contributed by atoms with Gasteiger partial charge >= 0.3 is 0 Å². The van der Waals surface area contributed by atoms with E-state index in [0.717, 1.165) is 46.6 Å². The number of Topliss-reactive ketones (excluding diaryl/α,β-unsaturated/α-hetero) is 1. The van der Waals surface area contributed by atoms with Gasteiger partial charge in [-0.3, -0.25) is 9.36 Å². The minimum absolute atomic E-state index is 0.100. The van der Waals surface area contributed by atoms with Crippen molar-refractivity contribution in [2.75, 3.05) is 19.5 Å². The number of aromatic nitrogens is 4. The van der Waals surface area contributed by atoms with Crippen LogP contribution in [0.15, 0.2) is 71.9 Å². The summed E-state index contributed by atoms with van der Waals surface area (Å²) in [5, 5.41) is 9.66. The van der Waals surface area contributed by atoms with Crippen molar-refractivity contribution < 1.29 is 9.53 Å². The van der Waals surface area contributed by atoms with Gasteiger partial charge in [0.2, 0.25) is 0 Å². The minimum atomic E-state index is 0.100. The molecule has 0 fully saturated rings. The third kappa shape index (κ3) is 5.48. The van der Waals surface area contributed by atoms with Crippen LogP contribution >= 0.6 is 11.8 Å². The molecule has 0 spiro atoms. The molecule has 0 radical (unpaired) electrons. The number of benzene rings is 2. The van der Waals surface area contributed by atoms with Crippen LogP contribution in [0.5, 0.6) is 0 Å². The number of methoxy groups -OCH3 is 1. The largest absolute Gasteiger partial charge is 0.385 e. The second-order valence-corrected chi connectivity index (χ2v) is 9.17. The van der Waals surface area contributed by atoms with Gasteiger partial charge in [0, 0.05) is 49.3 Å². The van der Waals surface area contributed by atoms with Crippen molar-refractivity contribution in [3.63, 3.8) is 0 Å². The Kier molecular flexibility index (Phi) is 7.98. The summed E-state index contributed by atoms with van der Waals surface area (Å²) < 4.78 is 9.42. The number of hydrogen-bond donors (Lipinski definition) is 0. The van der Waals surface area contributed by atoms with E-state index >= 15 is 0 Å². The summed E-state index contributed by atoms with van der Waals surface area (Å²) >= 11 is 1.43. The summed E-state index contributed by atoms with van der Waals surface area (Å²) in [6.45, 7) is 5.61. The molecule has 0 amide bonds. The van der Waals surface area contributed by atoms with E-state index in [2.05, 4.69) is 31.5 Å². The second-order valence-electron chi connectivity index (χ2n) is 8.23. The van der Waals surface area contributed by atoms with Crippen molar-refractivity contribution in [2.24, 2.45) is 0 Å². The normalized spacial score (nSPS) is 11.1. The fraction of sp³-hybridized carbons (Fsp3) is 0.296. The lowest BCUT2D eigenvalue weighted by Crippen LogP contribution is -2.09. The van der Waals surface area contributed by atoms with Crippen LogP contribution in [0.2, 0.25) is 0 Å². The first kappa shape index (κ1) is 24.0. The number of ketones is 1. The maximum absolute atomic E-state index is 13.2. The van der Waals surface area contributed by atoms with Crippen LogP contribution in [0.25, 0.3) is 5.69 Å². The highest BCUT2D eigenvalue weighted by Crippen LogP contribution is 2.25. The highest BCUT2D eigenvalue weighted by atomic mass is 32.2. The monoisotopic (exact) mass is 474 g/mol. The van der Waals surface area contributed by atoms with Gasteiger partial charge in [0.1, 0.15) is 5.82 Å². The molecule has 0 atom stereocenters. The Balaban J connectivity index is 1.54. The van der Waals surface area contributed by atoms with Crippen LogP contribution < -0.4 is 0 Å². The molecule has 0 aliphatic carbocycles. The highest BCUT2D eigenvalue weighted by Gasteiger charge is 2.19. The van der Waals surface area contributed by atoms with Gasteiger partial charge in [-0.1, -0.05) is 60.3 Å². The van der Waals surface area contributed by atoms with Gasteiger partial charge < -0.3 is 9.30 Å². The Labute approximate surface area is 205 Å². The Morgan fingerprint density at radius 2 is 1.71 bits per heavy atom. The Hall–Kier alpha value is -3.16. The first-order valence-corrected chi connectivity index (χ1v) is 12.4. The molecule has 0 saturated heterocycles. The molecule has 0 aliphatic rings. The maximum Gasteiger partial charge on any atom is 0.196 e. The molecule has 0 unspecified atom stereocenters. The van der Waals surface area contributed by atoms with Crippen LogP contribution in [0.3, 0.4) is 0 Å². The van der Waals surface area contributed by atoms with Gasteiger partial charge in [-0.15, -0.1) is 10.2 Å². The second kappa shape index (κ2) is 11.3. The van der Waals surface area contributed by atoms with E-state index in [0.29, 0.717) is 18.8 Å². The summed E-state index contributed by atoms with van der Waals surface area (Å²) in [5.41, 5.74) is 5.04. The molecular weight excluding hydrogens is 444 g/mol. The predicted octanol–water partition coefficient (Wildman–Crippen LogP) is 5.29. The number of carbonyl (C=O) groups is 1. The van der Waals surface area contributed by atoms with Crippen molar-refractivity contribution in [1.82, 2.24) is 19.3 Å². The number of thioether (sulfide) groups is 1. The van der Waals surface area contributed by atoms with Crippen molar-refractivity contribution in [3.8, 4) is 5.69 Å². The topological polar surface area (TPSA) is 61.9 Å². The zero-order chi connectivity index (χ0) is 23.9. The quantitative estimate of drug-likeness (QED) is 0.168. The van der Waals surface area contributed by atoms with E-state index in [1.165, 1.54) is 17.3 Å². The molecule has 176 valence electrons. The van der Waals surface area contributed by atoms with E-state index in [1.807, 2.05) is 68.4 Å². The number of carbonyl (C=O) groups excluding carboxylic acids is 1. The van der Waals surface area contributed by atoms with Gasteiger partial charge in [0.25, 0.3) is 0 Å². The lowest BCUT2D eigenvalue weighted by molar-refractivity contribution is 0.102. The molecule has 0 saturated carbocycles. The number of rotatable bonds is 11. The lowest BCUT2D eigenvalue weighted by Gasteiger charge is -2.11. The fourth-order valence-corrected chi connectivity index (χ4v) is 4.98. The van der Waals surface area contributed by atoms with Gasteiger partial charge in [-0.2, -0.15) is 0 Å². The summed E-state index contributed by atoms with van der Waals surface area (Å²) in [5.74, 6) is 1.26. The van der Waals surface area contributed by atoms with Crippen LogP contribution in [0.4, 0.5) is 0 Å². The number of para-hydroxylation sites is 1. The smallest absolute Gasteiger partial charge is 0.196 e. The standard InChI is InChI=1S/C27H30N4O2S/c1-20-17-24(21(2)30(20)15-10-16-33-3)25(32)19-34-27-29-28-26(18-22-11-6-4-7-12-22)31(27)23-13-8-5-9-14-23/h4-9,11-14,17H,10,15-16,18-19H2,1-3H3. The average molecular weight is 475 g/mol. The summed E-state index contributed by atoms with van der Waals surface area (Å²) in [6.07, 6.45) is 1.58. The van der Waals surface area contributed by atoms with E-state index in [-0.39, 0.29) is 5.78 Å². The number of nitrogens with zero attached hydrogens (tertiary/aromatic N) is 4. The summed E-state index contributed by atoms with van der Waals surface area (Å²) in [7, 11) is 1.71. The number of hydrogen-bond acceptors (Lipinski definition) is 5. The molecule has 6 nitrogen and oxygen atoms in total. The zero-order valence-corrected chi connectivity index (χ0v) is 20.7. The molecule has 4 aromatic rings. The lowest BCUT2D eigenvalue weighted by atomic mass is 10.1. The average Bonchev–Trinajstić information content (AvgIpc) is 3.39. The van der Waals surface area contributed by atoms with Crippen LogP contribution in [-0.4, -0.2) is 44.6 Å². The SMILES string of the molecule is COCCCn1c(C)cc(C(=O)CSc2nnc(Cc3ccccc3)n2-c2ccccc2)c1C. The minimum Gasteiger partial charge on any atom is -0.385 e. The Morgan fingerprint density at radius 3 is 2.41 bits per heavy atom. The molecule has 0 bridgehead atoms. The van der Waals surface area contributed by atoms with Crippen molar-refractivity contribution in [3.05, 3.63) is 95.1 Å². The van der Waals surface area contributed by atoms with Crippen molar-refractivity contribution in [2.45, 2.75) is 38.4 Å². The van der Waals surface area contributed by atoms with Gasteiger partial charge in [-0.25, -0.2) is 0 Å². The Bertz CT molecular complexity index is 1230. The Morgan fingerprint density at radius 1 is 1.00 bits per heavy atom. The number of ether oxygens (including phenoxy) is 1. The van der Waals surface area contributed by atoms with Crippen LogP contribution in [0, 0.1) is 13.8 Å². The zero-order valence-electron chi connectivity index (χ0n) is 19.9. The first-order valence-electron chi connectivity index (χ1n) is 11.4. The van der Waals surface area contributed by atoms with E-state index in [4.69, 9.17) is 4.74 Å². The van der Waals surface area contributed by atoms with E-state index in [1.54, 1.807) is 7.11 Å². The third-order valence-corrected chi connectivity index (χ3v) is 6.79. The predicted molar refractivity (Wildman–Crippen MR) is 136 cm³/mol. The van der Waals surface area contributed by atoms with Gasteiger partial charge in [-0.05, 0) is 44.0 Å². The summed E-state index contributed by atoms with van der Waals surface area (Å²) in [4.78, 5) is 13.2. The molecule has 7 heteroatoms. The molecule has 0 aliphatic heterocycles. The molecular formula is C27H30N4O2S. The van der Waals surface area contributed by atoms with Crippen LogP contribution in [-0.2, 0) is 17.7 Å². The number of aryl methyl sites for hydroxylation is 1. The maximum atomic E-state index is 13.2. The molecule has 2 heterocycles.